The van der Waals surface area contributed by atoms with Crippen molar-refractivity contribution >= 4 is 27.7 Å². The summed E-state index contributed by atoms with van der Waals surface area (Å²) in [6, 6.07) is 6.08. The Kier molecular flexibility index (Phi) is 3.72. The van der Waals surface area contributed by atoms with E-state index in [9.17, 15) is 5.11 Å². The van der Waals surface area contributed by atoms with Gasteiger partial charge in [0.15, 0.2) is 0 Å². The van der Waals surface area contributed by atoms with Crippen LogP contribution in [0.2, 0.25) is 0 Å². The molecule has 2 rings (SSSR count). The van der Waals surface area contributed by atoms with Gasteiger partial charge < -0.3 is 9.84 Å². The van der Waals surface area contributed by atoms with Crippen LogP contribution in [-0.4, -0.2) is 23.6 Å². The number of halogens is 1. The molecule has 1 aliphatic rings. The fraction of sp³-hybridized carbons (Fsp3) is 0.455. The van der Waals surface area contributed by atoms with Crippen molar-refractivity contribution in [1.82, 2.24) is 0 Å². The highest BCUT2D eigenvalue weighted by atomic mass is 79.9. The van der Waals surface area contributed by atoms with E-state index in [0.29, 0.717) is 5.25 Å². The third-order valence-corrected chi connectivity index (χ3v) is 4.15. The van der Waals surface area contributed by atoms with Gasteiger partial charge in [0.2, 0.25) is 0 Å². The molecule has 82 valence electrons. The highest BCUT2D eigenvalue weighted by molar-refractivity contribution is 9.10. The summed E-state index contributed by atoms with van der Waals surface area (Å²) in [5, 5.41) is 10.1. The molecule has 2 nitrogen and oxygen atoms in total. The van der Waals surface area contributed by atoms with Crippen molar-refractivity contribution in [2.75, 3.05) is 13.2 Å². The molecule has 0 bridgehead atoms. The molecule has 0 saturated carbocycles. The molecule has 1 aromatic carbocycles. The van der Waals surface area contributed by atoms with Crippen molar-refractivity contribution in [3.8, 4) is 0 Å². The fourth-order valence-electron chi connectivity index (χ4n) is 1.39. The van der Waals surface area contributed by atoms with E-state index in [2.05, 4.69) is 28.1 Å². The first-order valence-corrected chi connectivity index (χ1v) is 6.56. The number of thioether (sulfide) groups is 1. The molecular weight excluding hydrogens is 276 g/mol. The Balaban J connectivity index is 2.10. The van der Waals surface area contributed by atoms with Gasteiger partial charge in [0, 0.05) is 9.37 Å². The molecule has 1 unspecified atom stereocenters. The Morgan fingerprint density at radius 2 is 2.27 bits per heavy atom. The van der Waals surface area contributed by atoms with E-state index in [-0.39, 0.29) is 0 Å². The Morgan fingerprint density at radius 1 is 1.53 bits per heavy atom. The van der Waals surface area contributed by atoms with Gasteiger partial charge in [-0.1, -0.05) is 22.0 Å². The molecule has 1 saturated heterocycles. The monoisotopic (exact) mass is 288 g/mol. The van der Waals surface area contributed by atoms with Crippen molar-refractivity contribution in [3.05, 3.63) is 28.2 Å². The van der Waals surface area contributed by atoms with Gasteiger partial charge >= 0.3 is 0 Å². The summed E-state index contributed by atoms with van der Waals surface area (Å²) in [7, 11) is 0. The summed E-state index contributed by atoms with van der Waals surface area (Å²) in [4.78, 5) is 1.22. The number of aliphatic hydroxyl groups excluding tert-OH is 1. The minimum absolute atomic E-state index is 0.425. The summed E-state index contributed by atoms with van der Waals surface area (Å²) in [5.74, 6) is 0. The SMILES string of the molecule is CC(O)c1ccc(SC2COC2)cc1Br. The first-order valence-electron chi connectivity index (χ1n) is 4.88. The number of hydrogen-bond acceptors (Lipinski definition) is 3. The molecule has 1 aromatic rings. The molecule has 1 N–H and O–H groups in total. The lowest BCUT2D eigenvalue weighted by Gasteiger charge is -2.25. The fourth-order valence-corrected chi connectivity index (χ4v) is 3.30. The standard InChI is InChI=1S/C11H13BrO2S/c1-7(13)10-3-2-8(4-11(10)12)15-9-5-14-6-9/h2-4,7,9,13H,5-6H2,1H3. The van der Waals surface area contributed by atoms with Crippen LogP contribution in [0.1, 0.15) is 18.6 Å². The minimum Gasteiger partial charge on any atom is -0.389 e. The Bertz CT molecular complexity index is 350. The van der Waals surface area contributed by atoms with Gasteiger partial charge in [0.1, 0.15) is 0 Å². The minimum atomic E-state index is -0.425. The number of aliphatic hydroxyl groups is 1. The normalized spacial score (nSPS) is 18.6. The van der Waals surface area contributed by atoms with Crippen LogP contribution in [0.25, 0.3) is 0 Å². The van der Waals surface area contributed by atoms with Gasteiger partial charge in [-0.25, -0.2) is 0 Å². The average Bonchev–Trinajstić information content (AvgIpc) is 2.11. The Hall–Kier alpha value is -0.0300. The van der Waals surface area contributed by atoms with Gasteiger partial charge in [0.05, 0.1) is 24.6 Å². The molecule has 0 aromatic heterocycles. The van der Waals surface area contributed by atoms with E-state index in [4.69, 9.17) is 4.74 Å². The number of hydrogen-bond donors (Lipinski definition) is 1. The van der Waals surface area contributed by atoms with Crippen LogP contribution in [0.5, 0.6) is 0 Å². The summed E-state index contributed by atoms with van der Waals surface area (Å²) in [5.41, 5.74) is 0.934. The van der Waals surface area contributed by atoms with Crippen LogP contribution in [0, 0.1) is 0 Å². The quantitative estimate of drug-likeness (QED) is 0.927. The van der Waals surface area contributed by atoms with Crippen LogP contribution in [0.15, 0.2) is 27.6 Å². The predicted octanol–water partition coefficient (Wildman–Crippen LogP) is 2.99. The van der Waals surface area contributed by atoms with Gasteiger partial charge in [-0.2, -0.15) is 0 Å². The molecule has 0 radical (unpaired) electrons. The zero-order chi connectivity index (χ0) is 10.8. The lowest BCUT2D eigenvalue weighted by molar-refractivity contribution is 0.0455. The Labute approximate surface area is 102 Å². The van der Waals surface area contributed by atoms with Crippen molar-refractivity contribution in [2.45, 2.75) is 23.2 Å². The van der Waals surface area contributed by atoms with Crippen molar-refractivity contribution < 1.29 is 9.84 Å². The molecule has 4 heteroatoms. The molecule has 1 heterocycles. The maximum Gasteiger partial charge on any atom is 0.0772 e. The largest absolute Gasteiger partial charge is 0.389 e. The van der Waals surface area contributed by atoms with E-state index in [0.717, 1.165) is 23.2 Å². The second-order valence-corrected chi connectivity index (χ2v) is 5.86. The van der Waals surface area contributed by atoms with Crippen LogP contribution in [0.3, 0.4) is 0 Å². The smallest absolute Gasteiger partial charge is 0.0772 e. The number of rotatable bonds is 3. The number of benzene rings is 1. The van der Waals surface area contributed by atoms with Gasteiger partial charge in [-0.05, 0) is 24.6 Å². The van der Waals surface area contributed by atoms with Crippen LogP contribution >= 0.6 is 27.7 Å². The van der Waals surface area contributed by atoms with Gasteiger partial charge in [-0.15, -0.1) is 11.8 Å². The molecule has 1 aliphatic heterocycles. The summed E-state index contributed by atoms with van der Waals surface area (Å²) >= 11 is 5.30. The van der Waals surface area contributed by atoms with E-state index >= 15 is 0 Å². The summed E-state index contributed by atoms with van der Waals surface area (Å²) in [6.07, 6.45) is -0.425. The third kappa shape index (κ3) is 2.75. The average molecular weight is 289 g/mol. The molecule has 0 spiro atoms. The van der Waals surface area contributed by atoms with Gasteiger partial charge in [-0.3, -0.25) is 0 Å². The molecule has 0 aliphatic carbocycles. The molecule has 1 fully saturated rings. The second-order valence-electron chi connectivity index (χ2n) is 3.64. The van der Waals surface area contributed by atoms with Crippen molar-refractivity contribution in [1.29, 1.82) is 0 Å². The number of ether oxygens (including phenoxy) is 1. The highest BCUT2D eigenvalue weighted by Crippen LogP contribution is 2.32. The van der Waals surface area contributed by atoms with Gasteiger partial charge in [0.25, 0.3) is 0 Å². The lowest BCUT2D eigenvalue weighted by atomic mass is 10.1. The highest BCUT2D eigenvalue weighted by Gasteiger charge is 2.19. The van der Waals surface area contributed by atoms with E-state index in [1.165, 1.54) is 4.90 Å². The van der Waals surface area contributed by atoms with Crippen LogP contribution in [-0.2, 0) is 4.74 Å². The predicted molar refractivity (Wildman–Crippen MR) is 65.2 cm³/mol. The Morgan fingerprint density at radius 3 is 2.73 bits per heavy atom. The zero-order valence-corrected chi connectivity index (χ0v) is 10.8. The van der Waals surface area contributed by atoms with E-state index in [1.807, 2.05) is 17.8 Å². The van der Waals surface area contributed by atoms with E-state index < -0.39 is 6.10 Å². The van der Waals surface area contributed by atoms with Crippen molar-refractivity contribution in [3.63, 3.8) is 0 Å². The van der Waals surface area contributed by atoms with E-state index in [1.54, 1.807) is 6.92 Å². The second kappa shape index (κ2) is 4.87. The first kappa shape index (κ1) is 11.5. The molecule has 1 atom stereocenters. The molecule has 0 amide bonds. The maximum absolute atomic E-state index is 9.48. The van der Waals surface area contributed by atoms with Crippen LogP contribution < -0.4 is 0 Å². The zero-order valence-electron chi connectivity index (χ0n) is 8.44. The van der Waals surface area contributed by atoms with Crippen molar-refractivity contribution in [2.24, 2.45) is 0 Å². The summed E-state index contributed by atoms with van der Waals surface area (Å²) < 4.78 is 6.10. The molecule has 15 heavy (non-hydrogen) atoms. The third-order valence-electron chi connectivity index (χ3n) is 2.33. The first-order chi connectivity index (χ1) is 7.16. The van der Waals surface area contributed by atoms with Crippen LogP contribution in [0.4, 0.5) is 0 Å². The molecular formula is C11H13BrO2S. The lowest BCUT2D eigenvalue weighted by Crippen LogP contribution is -2.29. The summed E-state index contributed by atoms with van der Waals surface area (Å²) in [6.45, 7) is 3.47. The topological polar surface area (TPSA) is 29.5 Å². The maximum atomic E-state index is 9.48.